The summed E-state index contributed by atoms with van der Waals surface area (Å²) in [6.45, 7) is 3.49. The SMILES string of the molecule is COC(=O)C1=C(C)NC(C)=C(C(=O)OCCC=Cc2ccccn2)C1c1cccc([N+](=O)[O-])c1. The minimum atomic E-state index is -0.884. The fraction of sp³-hybridized carbons (Fsp3) is 0.240. The van der Waals surface area contributed by atoms with Crippen molar-refractivity contribution >= 4 is 23.7 Å². The van der Waals surface area contributed by atoms with Crippen molar-refractivity contribution < 1.29 is 24.0 Å². The standard InChI is InChI=1S/C25H25N3O6/c1-16-21(24(29)33-3)23(18-9-8-12-20(15-18)28(31)32)22(17(2)27-16)25(30)34-14-7-5-11-19-10-4-6-13-26-19/h4-6,8-13,15,23,27H,7,14H2,1-3H3. The molecule has 0 saturated heterocycles. The second-order valence-electron chi connectivity index (χ2n) is 7.56. The van der Waals surface area contributed by atoms with Crippen LogP contribution in [0.4, 0.5) is 5.69 Å². The van der Waals surface area contributed by atoms with Crippen LogP contribution < -0.4 is 5.32 Å². The molecule has 0 radical (unpaired) electrons. The molecule has 0 spiro atoms. The number of methoxy groups -OCH3 is 1. The van der Waals surface area contributed by atoms with Gasteiger partial charge in [-0.2, -0.15) is 0 Å². The van der Waals surface area contributed by atoms with Crippen LogP contribution in [-0.4, -0.2) is 35.6 Å². The zero-order chi connectivity index (χ0) is 24.7. The normalized spacial score (nSPS) is 15.8. The Kier molecular flexibility index (Phi) is 7.92. The first kappa shape index (κ1) is 24.4. The van der Waals surface area contributed by atoms with Crippen molar-refractivity contribution in [2.75, 3.05) is 13.7 Å². The van der Waals surface area contributed by atoms with Gasteiger partial charge in [-0.3, -0.25) is 15.1 Å². The molecule has 3 rings (SSSR count). The highest BCUT2D eigenvalue weighted by atomic mass is 16.6. The fourth-order valence-corrected chi connectivity index (χ4v) is 3.77. The molecule has 0 aliphatic carbocycles. The summed E-state index contributed by atoms with van der Waals surface area (Å²) in [5.74, 6) is -2.15. The molecule has 0 bridgehead atoms. The molecule has 34 heavy (non-hydrogen) atoms. The second-order valence-corrected chi connectivity index (χ2v) is 7.56. The molecule has 1 aliphatic heterocycles. The van der Waals surface area contributed by atoms with E-state index in [1.807, 2.05) is 30.4 Å². The Morgan fingerprint density at radius 3 is 2.50 bits per heavy atom. The third kappa shape index (κ3) is 5.55. The number of hydrogen-bond acceptors (Lipinski definition) is 8. The zero-order valence-electron chi connectivity index (χ0n) is 19.1. The van der Waals surface area contributed by atoms with Gasteiger partial charge in [-0.15, -0.1) is 0 Å². The maximum Gasteiger partial charge on any atom is 0.336 e. The van der Waals surface area contributed by atoms with E-state index in [0.717, 1.165) is 5.69 Å². The number of carbonyl (C=O) groups is 2. The number of ether oxygens (including phenoxy) is 2. The smallest absolute Gasteiger partial charge is 0.336 e. The molecule has 2 heterocycles. The molecule has 1 aromatic heterocycles. The van der Waals surface area contributed by atoms with E-state index in [1.54, 1.807) is 26.1 Å². The number of carbonyl (C=O) groups excluding carboxylic acids is 2. The van der Waals surface area contributed by atoms with Crippen LogP contribution in [0.2, 0.25) is 0 Å². The largest absolute Gasteiger partial charge is 0.466 e. The van der Waals surface area contributed by atoms with Crippen molar-refractivity contribution in [2.24, 2.45) is 0 Å². The monoisotopic (exact) mass is 463 g/mol. The van der Waals surface area contributed by atoms with E-state index in [2.05, 4.69) is 10.3 Å². The predicted octanol–water partition coefficient (Wildman–Crippen LogP) is 4.04. The topological polar surface area (TPSA) is 121 Å². The Morgan fingerprint density at radius 1 is 1.12 bits per heavy atom. The molecular weight excluding hydrogens is 438 g/mol. The molecule has 9 heteroatoms. The van der Waals surface area contributed by atoms with Gasteiger partial charge in [0.15, 0.2) is 0 Å². The molecule has 1 atom stereocenters. The number of rotatable bonds is 8. The van der Waals surface area contributed by atoms with Crippen LogP contribution >= 0.6 is 0 Å². The number of allylic oxidation sites excluding steroid dienone is 2. The third-order valence-electron chi connectivity index (χ3n) is 5.29. The maximum atomic E-state index is 13.1. The molecule has 0 fully saturated rings. The van der Waals surface area contributed by atoms with Crippen LogP contribution in [0.5, 0.6) is 0 Å². The number of aromatic nitrogens is 1. The molecular formula is C25H25N3O6. The number of non-ortho nitro benzene ring substituents is 1. The van der Waals surface area contributed by atoms with Crippen molar-refractivity contribution in [1.82, 2.24) is 10.3 Å². The van der Waals surface area contributed by atoms with E-state index in [9.17, 15) is 19.7 Å². The average molecular weight is 463 g/mol. The Morgan fingerprint density at radius 2 is 1.85 bits per heavy atom. The first-order valence-corrected chi connectivity index (χ1v) is 10.6. The van der Waals surface area contributed by atoms with Crippen LogP contribution in [-0.2, 0) is 19.1 Å². The van der Waals surface area contributed by atoms with E-state index in [4.69, 9.17) is 9.47 Å². The van der Waals surface area contributed by atoms with Gasteiger partial charge in [0.25, 0.3) is 5.69 Å². The van der Waals surface area contributed by atoms with E-state index in [0.29, 0.717) is 23.4 Å². The van der Waals surface area contributed by atoms with E-state index in [-0.39, 0.29) is 23.4 Å². The molecule has 1 N–H and O–H groups in total. The minimum absolute atomic E-state index is 0.108. The fourth-order valence-electron chi connectivity index (χ4n) is 3.77. The summed E-state index contributed by atoms with van der Waals surface area (Å²) in [5.41, 5.74) is 2.43. The highest BCUT2D eigenvalue weighted by Crippen LogP contribution is 2.40. The van der Waals surface area contributed by atoms with E-state index >= 15 is 0 Å². The number of esters is 2. The van der Waals surface area contributed by atoms with Crippen molar-refractivity contribution in [3.8, 4) is 0 Å². The van der Waals surface area contributed by atoms with Crippen LogP contribution in [0.15, 0.2) is 77.3 Å². The van der Waals surface area contributed by atoms with Gasteiger partial charge in [-0.25, -0.2) is 9.59 Å². The van der Waals surface area contributed by atoms with Crippen LogP contribution in [0.1, 0.15) is 37.4 Å². The van der Waals surface area contributed by atoms with Gasteiger partial charge < -0.3 is 14.8 Å². The lowest BCUT2D eigenvalue weighted by molar-refractivity contribution is -0.384. The zero-order valence-corrected chi connectivity index (χ0v) is 19.1. The summed E-state index contributed by atoms with van der Waals surface area (Å²) < 4.78 is 10.4. The Labute approximate surface area is 196 Å². The number of dihydropyridines is 1. The van der Waals surface area contributed by atoms with Gasteiger partial charge in [-0.05, 0) is 44.0 Å². The molecule has 0 saturated carbocycles. The lowest BCUT2D eigenvalue weighted by atomic mass is 9.80. The summed E-state index contributed by atoms with van der Waals surface area (Å²) in [7, 11) is 1.24. The summed E-state index contributed by atoms with van der Waals surface area (Å²) in [5, 5.41) is 14.4. The van der Waals surface area contributed by atoms with Crippen molar-refractivity contribution in [1.29, 1.82) is 0 Å². The number of hydrogen-bond donors (Lipinski definition) is 1. The Hall–Kier alpha value is -4.27. The third-order valence-corrected chi connectivity index (χ3v) is 5.29. The van der Waals surface area contributed by atoms with Gasteiger partial charge in [0.1, 0.15) is 0 Å². The van der Waals surface area contributed by atoms with Gasteiger partial charge >= 0.3 is 11.9 Å². The summed E-state index contributed by atoms with van der Waals surface area (Å²) in [6, 6.07) is 11.4. The number of nitro groups is 1. The van der Waals surface area contributed by atoms with Gasteiger partial charge in [0.2, 0.25) is 0 Å². The van der Waals surface area contributed by atoms with Gasteiger partial charge in [0, 0.05) is 29.7 Å². The molecule has 176 valence electrons. The Bertz CT molecular complexity index is 1180. The molecule has 1 aromatic carbocycles. The van der Waals surface area contributed by atoms with Crippen LogP contribution in [0.25, 0.3) is 6.08 Å². The molecule has 2 aromatic rings. The predicted molar refractivity (Wildman–Crippen MR) is 125 cm³/mol. The number of nitrogens with zero attached hydrogens (tertiary/aromatic N) is 2. The van der Waals surface area contributed by atoms with Crippen LogP contribution in [0.3, 0.4) is 0 Å². The first-order chi connectivity index (χ1) is 16.3. The lowest BCUT2D eigenvalue weighted by Crippen LogP contribution is -2.32. The highest BCUT2D eigenvalue weighted by Gasteiger charge is 2.38. The van der Waals surface area contributed by atoms with E-state index in [1.165, 1.54) is 25.3 Å². The molecule has 9 nitrogen and oxygen atoms in total. The van der Waals surface area contributed by atoms with Crippen molar-refractivity contribution in [3.05, 3.63) is 98.6 Å². The van der Waals surface area contributed by atoms with Gasteiger partial charge in [0.05, 0.1) is 41.4 Å². The summed E-state index contributed by atoms with van der Waals surface area (Å²) in [4.78, 5) is 40.8. The number of nitro benzene ring substituents is 1. The average Bonchev–Trinajstić information content (AvgIpc) is 2.83. The maximum absolute atomic E-state index is 13.1. The van der Waals surface area contributed by atoms with Crippen LogP contribution in [0, 0.1) is 10.1 Å². The summed E-state index contributed by atoms with van der Waals surface area (Å²) in [6.07, 6.45) is 5.82. The lowest BCUT2D eigenvalue weighted by Gasteiger charge is -2.30. The van der Waals surface area contributed by atoms with Gasteiger partial charge in [-0.1, -0.05) is 24.3 Å². The molecule has 1 unspecified atom stereocenters. The quantitative estimate of drug-likeness (QED) is 0.269. The molecule has 0 amide bonds. The highest BCUT2D eigenvalue weighted by molar-refractivity contribution is 5.99. The summed E-state index contributed by atoms with van der Waals surface area (Å²) >= 11 is 0. The molecule has 1 aliphatic rings. The second kappa shape index (κ2) is 11.0. The van der Waals surface area contributed by atoms with Crippen molar-refractivity contribution in [2.45, 2.75) is 26.2 Å². The Balaban J connectivity index is 1.87. The first-order valence-electron chi connectivity index (χ1n) is 10.6. The number of benzene rings is 1. The number of pyridine rings is 1. The minimum Gasteiger partial charge on any atom is -0.466 e. The van der Waals surface area contributed by atoms with E-state index < -0.39 is 22.8 Å². The van der Waals surface area contributed by atoms with Crippen molar-refractivity contribution in [3.63, 3.8) is 0 Å². The number of nitrogens with one attached hydrogen (secondary N) is 1.